The summed E-state index contributed by atoms with van der Waals surface area (Å²) in [5.41, 5.74) is 2.84. The van der Waals surface area contributed by atoms with Gasteiger partial charge < -0.3 is 10.2 Å². The Balaban J connectivity index is 1.88. The molecule has 1 saturated heterocycles. The predicted molar refractivity (Wildman–Crippen MR) is 107 cm³/mol. The molecule has 1 unspecified atom stereocenters. The molecule has 0 saturated carbocycles. The molecule has 0 bridgehead atoms. The third-order valence-electron chi connectivity index (χ3n) is 6.36. The molecule has 148 valence electrons. The smallest absolute Gasteiger partial charge is 0.261 e. The predicted octanol–water partition coefficient (Wildman–Crippen LogP) is 4.72. The van der Waals surface area contributed by atoms with Crippen LogP contribution in [-0.4, -0.2) is 25.0 Å². The Morgan fingerprint density at radius 2 is 1.96 bits per heavy atom. The summed E-state index contributed by atoms with van der Waals surface area (Å²) in [4.78, 5) is 15.2. The van der Waals surface area contributed by atoms with E-state index < -0.39 is 17.5 Å². The quantitative estimate of drug-likeness (QED) is 0.830. The van der Waals surface area contributed by atoms with Crippen molar-refractivity contribution in [3.8, 4) is 0 Å². The van der Waals surface area contributed by atoms with Crippen LogP contribution in [0.3, 0.4) is 0 Å². The fraction of sp³-hybridized carbons (Fsp3) is 0.435. The van der Waals surface area contributed by atoms with E-state index in [4.69, 9.17) is 0 Å². The van der Waals surface area contributed by atoms with E-state index in [1.165, 1.54) is 17.7 Å². The maximum Gasteiger partial charge on any atom is 0.261 e. The van der Waals surface area contributed by atoms with Crippen LogP contribution in [0.5, 0.6) is 0 Å². The molecule has 0 radical (unpaired) electrons. The van der Waals surface area contributed by atoms with Crippen LogP contribution in [-0.2, 0) is 5.41 Å². The molecule has 28 heavy (non-hydrogen) atoms. The van der Waals surface area contributed by atoms with Crippen molar-refractivity contribution in [1.29, 1.82) is 0 Å². The minimum absolute atomic E-state index is 0.0495. The Morgan fingerprint density at radius 3 is 2.68 bits per heavy atom. The maximum atomic E-state index is 14.5. The number of aryl methyl sites for hydroxylation is 1. The molecule has 3 nitrogen and oxygen atoms in total. The van der Waals surface area contributed by atoms with Crippen LogP contribution in [0.2, 0.25) is 0 Å². The Kier molecular flexibility index (Phi) is 4.96. The van der Waals surface area contributed by atoms with E-state index in [0.29, 0.717) is 0 Å². The average Bonchev–Trinajstić information content (AvgIpc) is 2.94. The molecule has 2 heterocycles. The molecule has 1 amide bonds. The van der Waals surface area contributed by atoms with E-state index in [-0.39, 0.29) is 17.0 Å². The normalized spacial score (nSPS) is 20.4. The molecule has 0 aliphatic carbocycles. The second kappa shape index (κ2) is 7.28. The standard InChI is InChI=1S/C23H26F2N2O/c1-3-5-20-23(10-12-26-13-11-23)17-14-15(2)8-9-19(17)27(20)22(28)16-6-4-7-18(24)21(16)25/h4,6-9,14,20,26H,3,5,10-13H2,1-2H3. The number of hydrogen-bond acceptors (Lipinski definition) is 2. The molecule has 2 aliphatic rings. The van der Waals surface area contributed by atoms with Crippen LogP contribution in [0.15, 0.2) is 36.4 Å². The van der Waals surface area contributed by atoms with Gasteiger partial charge in [0.1, 0.15) is 0 Å². The molecule has 0 aromatic heterocycles. The first kappa shape index (κ1) is 19.1. The molecule has 5 heteroatoms. The molecule has 2 aromatic rings. The third kappa shape index (κ3) is 2.84. The summed E-state index contributed by atoms with van der Waals surface area (Å²) >= 11 is 0. The van der Waals surface area contributed by atoms with Gasteiger partial charge in [0.25, 0.3) is 5.91 Å². The highest BCUT2D eigenvalue weighted by Crippen LogP contribution is 2.52. The number of piperidine rings is 1. The van der Waals surface area contributed by atoms with Crippen molar-refractivity contribution >= 4 is 11.6 Å². The van der Waals surface area contributed by atoms with Crippen LogP contribution in [0.25, 0.3) is 0 Å². The molecule has 4 rings (SSSR count). The topological polar surface area (TPSA) is 32.3 Å². The SMILES string of the molecule is CCCC1N(C(=O)c2cccc(F)c2F)c2ccc(C)cc2C12CCNCC2. The number of amides is 1. The Hall–Kier alpha value is -2.27. The number of halogens is 2. The lowest BCUT2D eigenvalue weighted by Gasteiger charge is -2.42. The lowest BCUT2D eigenvalue weighted by molar-refractivity contribution is 0.0956. The molecule has 2 aliphatic heterocycles. The summed E-state index contributed by atoms with van der Waals surface area (Å²) in [5.74, 6) is -2.50. The number of nitrogens with one attached hydrogen (secondary N) is 1. The van der Waals surface area contributed by atoms with Gasteiger partial charge in [-0.15, -0.1) is 0 Å². The summed E-state index contributed by atoms with van der Waals surface area (Å²) in [7, 11) is 0. The highest BCUT2D eigenvalue weighted by molar-refractivity contribution is 6.08. The molecular formula is C23H26F2N2O. The highest BCUT2D eigenvalue weighted by Gasteiger charge is 2.52. The van der Waals surface area contributed by atoms with Gasteiger partial charge in [-0.1, -0.05) is 37.1 Å². The highest BCUT2D eigenvalue weighted by atomic mass is 19.2. The number of nitrogens with zero attached hydrogens (tertiary/aromatic N) is 1. The van der Waals surface area contributed by atoms with Crippen molar-refractivity contribution in [1.82, 2.24) is 5.32 Å². The number of rotatable bonds is 3. The first-order valence-corrected chi connectivity index (χ1v) is 10.1. The minimum Gasteiger partial charge on any atom is -0.317 e. The summed E-state index contributed by atoms with van der Waals surface area (Å²) < 4.78 is 28.3. The van der Waals surface area contributed by atoms with Crippen molar-refractivity contribution in [2.45, 2.75) is 51.0 Å². The van der Waals surface area contributed by atoms with E-state index in [1.54, 1.807) is 4.90 Å². The van der Waals surface area contributed by atoms with Gasteiger partial charge in [-0.3, -0.25) is 4.79 Å². The number of hydrogen-bond donors (Lipinski definition) is 1. The summed E-state index contributed by atoms with van der Waals surface area (Å²) in [5, 5.41) is 3.42. The largest absolute Gasteiger partial charge is 0.317 e. The van der Waals surface area contributed by atoms with Crippen LogP contribution in [0.1, 0.15) is 54.1 Å². The van der Waals surface area contributed by atoms with E-state index in [2.05, 4.69) is 25.2 Å². The van der Waals surface area contributed by atoms with Crippen LogP contribution in [0.4, 0.5) is 14.5 Å². The van der Waals surface area contributed by atoms with E-state index in [0.717, 1.165) is 56.1 Å². The summed E-state index contributed by atoms with van der Waals surface area (Å²) in [6.07, 6.45) is 3.62. The van der Waals surface area contributed by atoms with Gasteiger partial charge in [0.2, 0.25) is 0 Å². The van der Waals surface area contributed by atoms with Crippen molar-refractivity contribution in [3.05, 3.63) is 64.7 Å². The van der Waals surface area contributed by atoms with Gasteiger partial charge >= 0.3 is 0 Å². The van der Waals surface area contributed by atoms with Crippen molar-refractivity contribution in [2.75, 3.05) is 18.0 Å². The Bertz CT molecular complexity index is 905. The van der Waals surface area contributed by atoms with E-state index in [1.807, 2.05) is 12.1 Å². The van der Waals surface area contributed by atoms with Crippen LogP contribution in [0, 0.1) is 18.6 Å². The second-order valence-corrected chi connectivity index (χ2v) is 8.01. The van der Waals surface area contributed by atoms with Gasteiger partial charge in [-0.25, -0.2) is 8.78 Å². The zero-order valence-electron chi connectivity index (χ0n) is 16.4. The molecule has 1 atom stereocenters. The van der Waals surface area contributed by atoms with Gasteiger partial charge in [0.15, 0.2) is 11.6 Å². The van der Waals surface area contributed by atoms with Crippen molar-refractivity contribution < 1.29 is 13.6 Å². The van der Waals surface area contributed by atoms with Gasteiger partial charge in [0.05, 0.1) is 5.56 Å². The lowest BCUT2D eigenvalue weighted by Crippen LogP contribution is -2.52. The van der Waals surface area contributed by atoms with Crippen molar-refractivity contribution in [2.24, 2.45) is 0 Å². The monoisotopic (exact) mass is 384 g/mol. The Labute approximate surface area is 164 Å². The lowest BCUT2D eigenvalue weighted by atomic mass is 9.68. The number of carbonyl (C=O) groups is 1. The molecule has 1 spiro atoms. The van der Waals surface area contributed by atoms with Crippen LogP contribution >= 0.6 is 0 Å². The number of carbonyl (C=O) groups excluding carboxylic acids is 1. The first-order valence-electron chi connectivity index (χ1n) is 10.1. The second-order valence-electron chi connectivity index (χ2n) is 8.01. The summed E-state index contributed by atoms with van der Waals surface area (Å²) in [6, 6.07) is 9.91. The Morgan fingerprint density at radius 1 is 1.21 bits per heavy atom. The van der Waals surface area contributed by atoms with E-state index in [9.17, 15) is 13.6 Å². The van der Waals surface area contributed by atoms with Crippen molar-refractivity contribution in [3.63, 3.8) is 0 Å². The first-order chi connectivity index (χ1) is 13.5. The molecule has 1 N–H and O–H groups in total. The summed E-state index contributed by atoms with van der Waals surface area (Å²) in [6.45, 7) is 5.95. The molecule has 2 aromatic carbocycles. The van der Waals surface area contributed by atoms with Crippen LogP contribution < -0.4 is 10.2 Å². The number of fused-ring (bicyclic) bond motifs is 2. The van der Waals surface area contributed by atoms with Gasteiger partial charge in [-0.05, 0) is 63.0 Å². The molecule has 1 fully saturated rings. The average molecular weight is 384 g/mol. The number of benzene rings is 2. The zero-order valence-corrected chi connectivity index (χ0v) is 16.4. The number of anilines is 1. The maximum absolute atomic E-state index is 14.5. The fourth-order valence-electron chi connectivity index (χ4n) is 5.06. The molecular weight excluding hydrogens is 358 g/mol. The third-order valence-corrected chi connectivity index (χ3v) is 6.36. The minimum atomic E-state index is -1.07. The fourth-order valence-corrected chi connectivity index (χ4v) is 5.06. The van der Waals surface area contributed by atoms with Gasteiger partial charge in [0, 0.05) is 17.1 Å². The zero-order chi connectivity index (χ0) is 19.9. The van der Waals surface area contributed by atoms with E-state index >= 15 is 0 Å². The van der Waals surface area contributed by atoms with Gasteiger partial charge in [-0.2, -0.15) is 0 Å².